The lowest BCUT2D eigenvalue weighted by Gasteiger charge is -2.45. The van der Waals surface area contributed by atoms with Crippen LogP contribution in [0.4, 0.5) is 4.39 Å². The smallest absolute Gasteiger partial charge is 0.226 e. The molecule has 4 heterocycles. The number of nitrogens with one attached hydrogen (secondary N) is 1. The molecule has 1 aromatic heterocycles. The summed E-state index contributed by atoms with van der Waals surface area (Å²) in [6.07, 6.45) is 8.01. The van der Waals surface area contributed by atoms with E-state index in [1.807, 2.05) is 11.0 Å². The van der Waals surface area contributed by atoms with E-state index in [-0.39, 0.29) is 34.9 Å². The van der Waals surface area contributed by atoms with E-state index < -0.39 is 0 Å². The third kappa shape index (κ3) is 4.81. The summed E-state index contributed by atoms with van der Waals surface area (Å²) in [5, 5.41) is 2.68. The normalized spacial score (nSPS) is 28.6. The van der Waals surface area contributed by atoms with Gasteiger partial charge in [-0.05, 0) is 100 Å². The minimum absolute atomic E-state index is 0.0331. The molecular formula is C34H42FN5O2. The second kappa shape index (κ2) is 10.8. The first-order chi connectivity index (χ1) is 20.4. The summed E-state index contributed by atoms with van der Waals surface area (Å²) >= 11 is 0. The molecule has 3 aliphatic heterocycles. The molecule has 4 aliphatic rings. The van der Waals surface area contributed by atoms with Crippen molar-refractivity contribution in [3.05, 3.63) is 65.7 Å². The minimum atomic E-state index is -0.194. The van der Waals surface area contributed by atoms with Crippen LogP contribution in [0.2, 0.25) is 0 Å². The number of likely N-dealkylation sites (tertiary alicyclic amines) is 1. The Labute approximate surface area is 247 Å². The molecule has 0 radical (unpaired) electrons. The van der Waals surface area contributed by atoms with Crippen molar-refractivity contribution < 1.29 is 14.0 Å². The topological polar surface area (TPSA) is 70.5 Å². The zero-order chi connectivity index (χ0) is 29.0. The fourth-order valence-electron chi connectivity index (χ4n) is 8.62. The Hall–Kier alpha value is -3.26. The van der Waals surface area contributed by atoms with E-state index >= 15 is 0 Å². The standard InChI is InChI=1S/C34H42FN5O2/c1-22-37-30-8-3-4-9-31(30)40(22)27-19-25-10-11-26(20-27)39(25)17-14-34(23-6-5-7-24(35)18-23)12-15-38(16-13-34)33(42)29-21-28(29)32(41)36-2/h3-9,18,25-29H,10-17,19-21H2,1-2H3,(H,36,41)/t25-,26+,27?,28?,29?. The van der Waals surface area contributed by atoms with Crippen LogP contribution in [-0.2, 0) is 15.0 Å². The molecule has 3 aromatic rings. The number of rotatable bonds is 7. The van der Waals surface area contributed by atoms with Gasteiger partial charge in [0.15, 0.2) is 0 Å². The van der Waals surface area contributed by atoms with E-state index in [2.05, 4.69) is 52.0 Å². The first kappa shape index (κ1) is 27.6. The van der Waals surface area contributed by atoms with E-state index in [4.69, 9.17) is 4.98 Å². The summed E-state index contributed by atoms with van der Waals surface area (Å²) in [6.45, 7) is 4.45. The molecule has 1 saturated carbocycles. The van der Waals surface area contributed by atoms with Gasteiger partial charge in [-0.2, -0.15) is 0 Å². The highest BCUT2D eigenvalue weighted by molar-refractivity contribution is 5.92. The fourth-order valence-corrected chi connectivity index (χ4v) is 8.62. The lowest BCUT2D eigenvalue weighted by Crippen LogP contribution is -2.49. The number of piperidine rings is 2. The first-order valence-electron chi connectivity index (χ1n) is 15.8. The number of halogens is 1. The summed E-state index contributed by atoms with van der Waals surface area (Å²) < 4.78 is 17.0. The van der Waals surface area contributed by atoms with Gasteiger partial charge in [-0.15, -0.1) is 0 Å². The van der Waals surface area contributed by atoms with Crippen LogP contribution < -0.4 is 5.32 Å². The Morgan fingerprint density at radius 2 is 1.71 bits per heavy atom. The number of carbonyl (C=O) groups is 2. The molecule has 2 amide bonds. The number of hydrogen-bond acceptors (Lipinski definition) is 4. The largest absolute Gasteiger partial charge is 0.359 e. The number of aryl methyl sites for hydroxylation is 1. The van der Waals surface area contributed by atoms with Crippen LogP contribution in [-0.4, -0.2) is 69.9 Å². The van der Waals surface area contributed by atoms with Gasteiger partial charge in [-0.3, -0.25) is 14.5 Å². The number of carbonyl (C=O) groups excluding carboxylic acids is 2. The van der Waals surface area contributed by atoms with Crippen LogP contribution in [0, 0.1) is 24.6 Å². The van der Waals surface area contributed by atoms with Crippen molar-refractivity contribution in [2.75, 3.05) is 26.7 Å². The van der Waals surface area contributed by atoms with Crippen LogP contribution in [0.25, 0.3) is 11.0 Å². The summed E-state index contributed by atoms with van der Waals surface area (Å²) in [6, 6.07) is 17.2. The molecule has 8 heteroatoms. The second-order valence-electron chi connectivity index (χ2n) is 13.2. The minimum Gasteiger partial charge on any atom is -0.359 e. The summed E-state index contributed by atoms with van der Waals surface area (Å²) in [7, 11) is 1.63. The van der Waals surface area contributed by atoms with Crippen molar-refractivity contribution in [1.29, 1.82) is 0 Å². The Bertz CT molecular complexity index is 1480. The maximum atomic E-state index is 14.5. The molecule has 7 nitrogen and oxygen atoms in total. The lowest BCUT2D eigenvalue weighted by molar-refractivity contribution is -0.136. The number of benzene rings is 2. The van der Waals surface area contributed by atoms with Crippen molar-refractivity contribution in [3.8, 4) is 0 Å². The highest BCUT2D eigenvalue weighted by Crippen LogP contribution is 2.46. The summed E-state index contributed by atoms with van der Waals surface area (Å²) in [5.41, 5.74) is 3.23. The quantitative estimate of drug-likeness (QED) is 0.434. The van der Waals surface area contributed by atoms with Crippen LogP contribution in [0.3, 0.4) is 0 Å². The molecule has 1 N–H and O–H groups in total. The Balaban J connectivity index is 1.05. The number of fused-ring (bicyclic) bond motifs is 3. The fraction of sp³-hybridized carbons (Fsp3) is 0.559. The van der Waals surface area contributed by atoms with Crippen molar-refractivity contribution in [1.82, 2.24) is 24.7 Å². The number of amides is 2. The average Bonchev–Trinajstić information content (AvgIpc) is 3.68. The molecule has 3 unspecified atom stereocenters. The molecule has 0 spiro atoms. The van der Waals surface area contributed by atoms with E-state index in [1.165, 1.54) is 24.4 Å². The third-order valence-electron chi connectivity index (χ3n) is 11.0. The van der Waals surface area contributed by atoms with Gasteiger partial charge >= 0.3 is 0 Å². The van der Waals surface area contributed by atoms with Crippen LogP contribution >= 0.6 is 0 Å². The predicted octanol–water partition coefficient (Wildman–Crippen LogP) is 4.98. The molecule has 2 aromatic carbocycles. The highest BCUT2D eigenvalue weighted by atomic mass is 19.1. The Morgan fingerprint density at radius 3 is 2.43 bits per heavy atom. The molecule has 3 saturated heterocycles. The van der Waals surface area contributed by atoms with Gasteiger partial charge in [0.2, 0.25) is 11.8 Å². The maximum Gasteiger partial charge on any atom is 0.226 e. The van der Waals surface area contributed by atoms with Gasteiger partial charge in [0.25, 0.3) is 0 Å². The first-order valence-corrected chi connectivity index (χ1v) is 15.8. The zero-order valence-electron chi connectivity index (χ0n) is 24.8. The molecule has 5 atom stereocenters. The molecule has 7 rings (SSSR count). The van der Waals surface area contributed by atoms with E-state index in [9.17, 15) is 14.0 Å². The number of hydrogen-bond donors (Lipinski definition) is 1. The van der Waals surface area contributed by atoms with E-state index in [0.29, 0.717) is 37.6 Å². The molecule has 1 aliphatic carbocycles. The number of aromatic nitrogens is 2. The number of para-hydroxylation sites is 2. The van der Waals surface area contributed by atoms with Gasteiger partial charge in [-0.1, -0.05) is 24.3 Å². The summed E-state index contributed by atoms with van der Waals surface area (Å²) in [4.78, 5) is 34.8. The summed E-state index contributed by atoms with van der Waals surface area (Å²) in [5.74, 6) is 0.627. The van der Waals surface area contributed by atoms with E-state index in [0.717, 1.165) is 55.6 Å². The van der Waals surface area contributed by atoms with Gasteiger partial charge in [-0.25, -0.2) is 9.37 Å². The lowest BCUT2D eigenvalue weighted by atomic mass is 9.70. The van der Waals surface area contributed by atoms with Crippen LogP contribution in [0.1, 0.15) is 68.8 Å². The highest BCUT2D eigenvalue weighted by Gasteiger charge is 2.50. The van der Waals surface area contributed by atoms with Crippen LogP contribution in [0.5, 0.6) is 0 Å². The molecular weight excluding hydrogens is 529 g/mol. The third-order valence-corrected chi connectivity index (χ3v) is 11.0. The SMILES string of the molecule is CNC(=O)C1CC1C(=O)N1CCC(CCN2[C@@H]3CC[C@H]2CC(n2c(C)nc4ccccc42)C3)(c2cccc(F)c2)CC1. The van der Waals surface area contributed by atoms with Crippen molar-refractivity contribution >= 4 is 22.8 Å². The van der Waals surface area contributed by atoms with Crippen molar-refractivity contribution in [2.45, 2.75) is 81.8 Å². The second-order valence-corrected chi connectivity index (χ2v) is 13.2. The van der Waals surface area contributed by atoms with Crippen LogP contribution in [0.15, 0.2) is 48.5 Å². The molecule has 4 fully saturated rings. The van der Waals surface area contributed by atoms with Crippen molar-refractivity contribution in [3.63, 3.8) is 0 Å². The van der Waals surface area contributed by atoms with Crippen molar-refractivity contribution in [2.24, 2.45) is 11.8 Å². The Morgan fingerprint density at radius 1 is 0.976 bits per heavy atom. The van der Waals surface area contributed by atoms with E-state index in [1.54, 1.807) is 13.1 Å². The number of imidazole rings is 1. The maximum absolute atomic E-state index is 14.5. The predicted molar refractivity (Wildman–Crippen MR) is 160 cm³/mol. The van der Waals surface area contributed by atoms with Gasteiger partial charge in [0.05, 0.1) is 22.9 Å². The molecule has 222 valence electrons. The van der Waals surface area contributed by atoms with Gasteiger partial charge in [0, 0.05) is 38.3 Å². The van der Waals surface area contributed by atoms with Gasteiger partial charge < -0.3 is 14.8 Å². The average molecular weight is 572 g/mol. The molecule has 42 heavy (non-hydrogen) atoms. The molecule has 2 bridgehead atoms. The zero-order valence-corrected chi connectivity index (χ0v) is 24.8. The van der Waals surface area contributed by atoms with Gasteiger partial charge in [0.1, 0.15) is 11.6 Å². The number of nitrogens with zero attached hydrogens (tertiary/aromatic N) is 4. The monoisotopic (exact) mass is 571 g/mol. The Kier molecular flexibility index (Phi) is 7.08.